The van der Waals surface area contributed by atoms with Gasteiger partial charge >= 0.3 is 0 Å². The van der Waals surface area contributed by atoms with E-state index in [9.17, 15) is 14.4 Å². The number of amides is 1. The van der Waals surface area contributed by atoms with Gasteiger partial charge in [-0.15, -0.1) is 0 Å². The number of nitrogens with one attached hydrogen (secondary N) is 1. The lowest BCUT2D eigenvalue weighted by molar-refractivity contribution is -0.148. The average Bonchev–Trinajstić information content (AvgIpc) is 2.86. The van der Waals surface area contributed by atoms with Crippen molar-refractivity contribution in [3.05, 3.63) is 52.8 Å². The molecule has 194 valence electrons. The normalized spacial score (nSPS) is 18.4. The van der Waals surface area contributed by atoms with Crippen molar-refractivity contribution in [2.24, 2.45) is 0 Å². The topological polar surface area (TPSA) is 83.8 Å². The second-order valence-electron chi connectivity index (χ2n) is 9.06. The van der Waals surface area contributed by atoms with Gasteiger partial charge in [-0.25, -0.2) is 4.39 Å². The summed E-state index contributed by atoms with van der Waals surface area (Å²) in [5.41, 5.74) is -0.614. The molecular weight excluding hydrogens is 505 g/mol. The van der Waals surface area contributed by atoms with Crippen LogP contribution < -0.4 is 14.2 Å². The first-order valence-electron chi connectivity index (χ1n) is 11.7. The predicted molar refractivity (Wildman–Crippen MR) is 138 cm³/mol. The number of nitrogens with zero attached hydrogens (tertiary/aromatic N) is 2. The molecule has 1 aliphatic heterocycles. The Balaban J connectivity index is 1.69. The van der Waals surface area contributed by atoms with E-state index in [0.717, 1.165) is 31.3 Å². The highest BCUT2D eigenvalue weighted by atomic mass is 35.5. The summed E-state index contributed by atoms with van der Waals surface area (Å²) in [6.45, 7) is 3.25. The Kier molecular flexibility index (Phi) is 10.3. The zero-order valence-corrected chi connectivity index (χ0v) is 22.3. The lowest BCUT2D eigenvalue weighted by atomic mass is 9.95. The van der Waals surface area contributed by atoms with Gasteiger partial charge in [0.1, 0.15) is 35.9 Å². The van der Waals surface area contributed by atoms with E-state index >= 15 is 0 Å². The molecule has 0 saturated carbocycles. The van der Waals surface area contributed by atoms with Crippen LogP contribution in [0.25, 0.3) is 0 Å². The Bertz CT molecular complexity index is 1070. The molecule has 2 atom stereocenters. The van der Waals surface area contributed by atoms with E-state index in [1.807, 2.05) is 19.0 Å². The first-order chi connectivity index (χ1) is 17.2. The molecular formula is C26H31ClFN3O4S. The zero-order chi connectivity index (χ0) is 26.1. The third-order valence-electron chi connectivity index (χ3n) is 5.78. The molecule has 0 aromatic heterocycles. The molecule has 10 heteroatoms. The van der Waals surface area contributed by atoms with Gasteiger partial charge in [-0.3, -0.25) is 9.52 Å². The molecule has 1 fully saturated rings. The van der Waals surface area contributed by atoms with E-state index < -0.39 is 11.7 Å². The molecule has 2 aromatic rings. The molecule has 1 aliphatic rings. The summed E-state index contributed by atoms with van der Waals surface area (Å²) in [6.07, 6.45) is 2.74. The van der Waals surface area contributed by atoms with E-state index in [4.69, 9.17) is 25.8 Å². The van der Waals surface area contributed by atoms with Crippen LogP contribution >= 0.6 is 23.5 Å². The molecule has 3 rings (SSSR count). The molecule has 1 amide bonds. The molecule has 0 bridgehead atoms. The van der Waals surface area contributed by atoms with Gasteiger partial charge in [-0.2, -0.15) is 5.26 Å². The van der Waals surface area contributed by atoms with Gasteiger partial charge in [-0.1, -0.05) is 11.6 Å². The zero-order valence-electron chi connectivity index (χ0n) is 20.7. The van der Waals surface area contributed by atoms with E-state index in [1.54, 1.807) is 31.2 Å². The van der Waals surface area contributed by atoms with Crippen LogP contribution in [0.5, 0.6) is 11.5 Å². The molecule has 1 heterocycles. The maximum atomic E-state index is 13.2. The molecule has 2 aromatic carbocycles. The minimum atomic E-state index is -0.861. The lowest BCUT2D eigenvalue weighted by Crippen LogP contribution is -2.46. The maximum Gasteiger partial charge on any atom is 0.262 e. The van der Waals surface area contributed by atoms with Crippen molar-refractivity contribution in [2.45, 2.75) is 49.2 Å². The highest BCUT2D eigenvalue weighted by Gasteiger charge is 2.36. The standard InChI is InChI=1S/C26H31ClFN3O4S/c1-26(11-4-5-13-34-26)25(32)30-36-22-14-18(16-29)24(23(27)15-22)35-21(10-12-31(2)3)17-33-20-8-6-19(28)7-9-20/h6-9,14-15,21H,4-5,10-13,17H2,1-3H3,(H,30,32). The fourth-order valence-electron chi connectivity index (χ4n) is 3.62. The summed E-state index contributed by atoms with van der Waals surface area (Å²) in [5, 5.41) is 10.0. The van der Waals surface area contributed by atoms with Crippen LogP contribution in [0.15, 0.2) is 41.3 Å². The van der Waals surface area contributed by atoms with E-state index in [0.29, 0.717) is 30.1 Å². The Hall–Kier alpha value is -2.51. The van der Waals surface area contributed by atoms with Crippen LogP contribution in [0.4, 0.5) is 4.39 Å². The van der Waals surface area contributed by atoms with Crippen LogP contribution in [0.2, 0.25) is 5.02 Å². The number of hydrogen-bond donors (Lipinski definition) is 1. The summed E-state index contributed by atoms with van der Waals surface area (Å²) >= 11 is 7.61. The van der Waals surface area contributed by atoms with Crippen molar-refractivity contribution in [3.8, 4) is 17.6 Å². The highest BCUT2D eigenvalue weighted by Crippen LogP contribution is 2.35. The van der Waals surface area contributed by atoms with Crippen LogP contribution in [-0.2, 0) is 9.53 Å². The SMILES string of the molecule is CN(C)CCC(COc1ccc(F)cc1)Oc1c(Cl)cc(SNC(=O)C2(C)CCCCO2)cc1C#N. The van der Waals surface area contributed by atoms with Crippen molar-refractivity contribution in [2.75, 3.05) is 33.9 Å². The third-order valence-corrected chi connectivity index (χ3v) is 6.82. The minimum absolute atomic E-state index is 0.186. The fourth-order valence-corrected chi connectivity index (χ4v) is 4.73. The minimum Gasteiger partial charge on any atom is -0.490 e. The summed E-state index contributed by atoms with van der Waals surface area (Å²) in [5.74, 6) is 0.204. The van der Waals surface area contributed by atoms with Crippen molar-refractivity contribution < 1.29 is 23.4 Å². The molecule has 1 N–H and O–H groups in total. The average molecular weight is 536 g/mol. The van der Waals surface area contributed by atoms with E-state index in [-0.39, 0.29) is 34.7 Å². The molecule has 0 aliphatic carbocycles. The smallest absolute Gasteiger partial charge is 0.262 e. The largest absolute Gasteiger partial charge is 0.490 e. The van der Waals surface area contributed by atoms with Gasteiger partial charge in [0.15, 0.2) is 5.75 Å². The van der Waals surface area contributed by atoms with Gasteiger partial charge in [0.25, 0.3) is 5.91 Å². The van der Waals surface area contributed by atoms with E-state index in [2.05, 4.69) is 10.8 Å². The Morgan fingerprint density at radius 2 is 2.08 bits per heavy atom. The molecule has 2 unspecified atom stereocenters. The number of rotatable bonds is 11. The summed E-state index contributed by atoms with van der Waals surface area (Å²) in [7, 11) is 3.90. The number of hydrogen-bond acceptors (Lipinski definition) is 7. The van der Waals surface area contributed by atoms with Gasteiger partial charge in [-0.05, 0) is 88.6 Å². The van der Waals surface area contributed by atoms with Crippen molar-refractivity contribution in [3.63, 3.8) is 0 Å². The molecule has 7 nitrogen and oxygen atoms in total. The molecule has 0 spiro atoms. The fraction of sp³-hybridized carbons (Fsp3) is 0.462. The quantitative estimate of drug-likeness (QED) is 0.395. The Morgan fingerprint density at radius 1 is 1.33 bits per heavy atom. The first kappa shape index (κ1) is 28.1. The summed E-state index contributed by atoms with van der Waals surface area (Å²) in [6, 6.07) is 11.2. The van der Waals surface area contributed by atoms with Gasteiger partial charge < -0.3 is 19.1 Å². The molecule has 1 saturated heterocycles. The molecule has 36 heavy (non-hydrogen) atoms. The van der Waals surface area contributed by atoms with Crippen molar-refractivity contribution in [1.82, 2.24) is 9.62 Å². The second-order valence-corrected chi connectivity index (χ2v) is 10.3. The van der Waals surface area contributed by atoms with Crippen LogP contribution in [-0.4, -0.2) is 56.4 Å². The third kappa shape index (κ3) is 8.00. The maximum absolute atomic E-state index is 13.2. The van der Waals surface area contributed by atoms with Gasteiger partial charge in [0.05, 0.1) is 10.6 Å². The number of ether oxygens (including phenoxy) is 3. The number of benzene rings is 2. The number of carbonyl (C=O) groups is 1. The first-order valence-corrected chi connectivity index (χ1v) is 12.9. The predicted octanol–water partition coefficient (Wildman–Crippen LogP) is 5.21. The number of halogens is 2. The number of nitriles is 1. The highest BCUT2D eigenvalue weighted by molar-refractivity contribution is 7.98. The van der Waals surface area contributed by atoms with Crippen LogP contribution in [0.1, 0.15) is 38.2 Å². The van der Waals surface area contributed by atoms with Gasteiger partial charge in [0.2, 0.25) is 0 Å². The van der Waals surface area contributed by atoms with Crippen LogP contribution in [0, 0.1) is 17.1 Å². The monoisotopic (exact) mass is 535 g/mol. The summed E-state index contributed by atoms with van der Waals surface area (Å²) in [4.78, 5) is 15.3. The molecule has 0 radical (unpaired) electrons. The number of carbonyl (C=O) groups excluding carboxylic acids is 1. The van der Waals surface area contributed by atoms with E-state index in [1.165, 1.54) is 12.1 Å². The van der Waals surface area contributed by atoms with Crippen LogP contribution in [0.3, 0.4) is 0 Å². The summed E-state index contributed by atoms with van der Waals surface area (Å²) < 4.78 is 33.7. The van der Waals surface area contributed by atoms with Crippen molar-refractivity contribution >= 4 is 29.5 Å². The Morgan fingerprint density at radius 3 is 2.72 bits per heavy atom. The Labute approximate surface area is 221 Å². The second kappa shape index (κ2) is 13.2. The lowest BCUT2D eigenvalue weighted by Gasteiger charge is -2.32. The van der Waals surface area contributed by atoms with Gasteiger partial charge in [0, 0.05) is 24.5 Å². The van der Waals surface area contributed by atoms with Crippen molar-refractivity contribution in [1.29, 1.82) is 5.26 Å².